The number of aliphatic imine (C=N–C) groups is 1. The van der Waals surface area contributed by atoms with E-state index >= 15 is 0 Å². The maximum absolute atomic E-state index is 5.87. The van der Waals surface area contributed by atoms with Crippen molar-refractivity contribution >= 4 is 5.96 Å². The summed E-state index contributed by atoms with van der Waals surface area (Å²) in [6, 6.07) is 8.08. The molecule has 2 N–H and O–H groups in total. The van der Waals surface area contributed by atoms with Gasteiger partial charge in [-0.25, -0.2) is 0 Å². The van der Waals surface area contributed by atoms with E-state index in [1.54, 1.807) is 7.05 Å². The maximum atomic E-state index is 5.87. The molecule has 1 aliphatic rings. The van der Waals surface area contributed by atoms with Gasteiger partial charge in [-0.2, -0.15) is 0 Å². The zero-order valence-corrected chi connectivity index (χ0v) is 16.6. The second-order valence-electron chi connectivity index (χ2n) is 7.19. The van der Waals surface area contributed by atoms with Gasteiger partial charge in [0.05, 0.1) is 19.3 Å². The molecule has 26 heavy (non-hydrogen) atoms. The van der Waals surface area contributed by atoms with Crippen LogP contribution in [0.5, 0.6) is 5.75 Å². The number of nitrogens with zero attached hydrogens (tertiary/aromatic N) is 2. The van der Waals surface area contributed by atoms with Crippen LogP contribution in [0.25, 0.3) is 0 Å². The number of rotatable bonds is 8. The number of hydrogen-bond donors (Lipinski definition) is 2. The molecular formula is C20H34N4O2. The highest BCUT2D eigenvalue weighted by Crippen LogP contribution is 2.11. The molecule has 1 saturated heterocycles. The van der Waals surface area contributed by atoms with Gasteiger partial charge in [0.25, 0.3) is 0 Å². The number of morpholine rings is 1. The Balaban J connectivity index is 1.64. The summed E-state index contributed by atoms with van der Waals surface area (Å²) in [7, 11) is 1.78. The number of aryl methyl sites for hydroxylation is 1. The lowest BCUT2D eigenvalue weighted by Gasteiger charge is -2.34. The first-order chi connectivity index (χ1) is 12.6. The molecule has 1 aromatic rings. The molecule has 0 aliphatic carbocycles. The second-order valence-corrected chi connectivity index (χ2v) is 7.19. The van der Waals surface area contributed by atoms with Crippen molar-refractivity contribution in [2.75, 3.05) is 53.0 Å². The molecule has 1 heterocycles. The summed E-state index contributed by atoms with van der Waals surface area (Å²) in [5.74, 6) is 2.36. The molecule has 0 radical (unpaired) electrons. The van der Waals surface area contributed by atoms with Gasteiger partial charge in [-0.3, -0.25) is 9.89 Å². The molecule has 6 heteroatoms. The van der Waals surface area contributed by atoms with E-state index in [1.807, 2.05) is 18.2 Å². The average molecular weight is 363 g/mol. The molecule has 2 rings (SSSR count). The summed E-state index contributed by atoms with van der Waals surface area (Å²) in [4.78, 5) is 6.75. The number of nitrogens with one attached hydrogen (secondary N) is 2. The van der Waals surface area contributed by atoms with Crippen molar-refractivity contribution in [1.29, 1.82) is 0 Å². The van der Waals surface area contributed by atoms with Crippen molar-refractivity contribution in [3.63, 3.8) is 0 Å². The van der Waals surface area contributed by atoms with Gasteiger partial charge >= 0.3 is 0 Å². The highest BCUT2D eigenvalue weighted by Gasteiger charge is 2.20. The maximum Gasteiger partial charge on any atom is 0.191 e. The van der Waals surface area contributed by atoms with Gasteiger partial charge in [0.2, 0.25) is 0 Å². The van der Waals surface area contributed by atoms with Crippen LogP contribution < -0.4 is 15.4 Å². The minimum Gasteiger partial charge on any atom is -0.492 e. The Morgan fingerprint density at radius 2 is 2.23 bits per heavy atom. The standard InChI is InChI=1S/C20H34N4O2/c1-16(2)14-24-9-11-26-19(15-24)13-23-20(21-4)22-8-10-25-18-7-5-6-17(3)12-18/h5-7,12,16,19H,8-11,13-15H2,1-4H3,(H2,21,22,23). The highest BCUT2D eigenvalue weighted by atomic mass is 16.5. The summed E-state index contributed by atoms with van der Waals surface area (Å²) < 4.78 is 11.6. The summed E-state index contributed by atoms with van der Waals surface area (Å²) in [6.45, 7) is 12.5. The normalized spacial score (nSPS) is 18.8. The lowest BCUT2D eigenvalue weighted by atomic mass is 10.2. The lowest BCUT2D eigenvalue weighted by Crippen LogP contribution is -2.50. The van der Waals surface area contributed by atoms with Crippen LogP contribution in [0.1, 0.15) is 19.4 Å². The van der Waals surface area contributed by atoms with Gasteiger partial charge in [-0.05, 0) is 30.5 Å². The molecule has 1 atom stereocenters. The van der Waals surface area contributed by atoms with Gasteiger partial charge < -0.3 is 20.1 Å². The van der Waals surface area contributed by atoms with E-state index in [0.29, 0.717) is 19.1 Å². The predicted octanol–water partition coefficient (Wildman–Crippen LogP) is 1.90. The fourth-order valence-electron chi connectivity index (χ4n) is 3.06. The van der Waals surface area contributed by atoms with E-state index in [1.165, 1.54) is 5.56 Å². The third-order valence-corrected chi connectivity index (χ3v) is 4.22. The summed E-state index contributed by atoms with van der Waals surface area (Å²) in [5, 5.41) is 6.63. The quantitative estimate of drug-likeness (QED) is 0.420. The predicted molar refractivity (Wildman–Crippen MR) is 107 cm³/mol. The zero-order chi connectivity index (χ0) is 18.8. The van der Waals surface area contributed by atoms with Crippen molar-refractivity contribution < 1.29 is 9.47 Å². The Labute approximate surface area is 158 Å². The van der Waals surface area contributed by atoms with Crippen LogP contribution in [0.15, 0.2) is 29.3 Å². The van der Waals surface area contributed by atoms with E-state index in [4.69, 9.17) is 9.47 Å². The number of benzene rings is 1. The van der Waals surface area contributed by atoms with E-state index in [9.17, 15) is 0 Å². The van der Waals surface area contributed by atoms with Crippen LogP contribution in [0.2, 0.25) is 0 Å². The Morgan fingerprint density at radius 1 is 1.38 bits per heavy atom. The first-order valence-electron chi connectivity index (χ1n) is 9.54. The molecule has 1 aliphatic heterocycles. The fourth-order valence-corrected chi connectivity index (χ4v) is 3.06. The largest absolute Gasteiger partial charge is 0.492 e. The molecule has 1 aromatic carbocycles. The van der Waals surface area contributed by atoms with E-state index in [-0.39, 0.29) is 6.10 Å². The van der Waals surface area contributed by atoms with Crippen LogP contribution in [0.4, 0.5) is 0 Å². The van der Waals surface area contributed by atoms with Gasteiger partial charge in [0.1, 0.15) is 12.4 Å². The van der Waals surface area contributed by atoms with Crippen LogP contribution >= 0.6 is 0 Å². The minimum atomic E-state index is 0.199. The smallest absolute Gasteiger partial charge is 0.191 e. The minimum absolute atomic E-state index is 0.199. The van der Waals surface area contributed by atoms with E-state index < -0.39 is 0 Å². The van der Waals surface area contributed by atoms with Gasteiger partial charge in [0, 0.05) is 33.2 Å². The van der Waals surface area contributed by atoms with Crippen LogP contribution in [0.3, 0.4) is 0 Å². The molecule has 0 spiro atoms. The lowest BCUT2D eigenvalue weighted by molar-refractivity contribution is -0.0284. The van der Waals surface area contributed by atoms with Crippen molar-refractivity contribution in [1.82, 2.24) is 15.5 Å². The molecule has 6 nitrogen and oxygen atoms in total. The second kappa shape index (κ2) is 11.0. The highest BCUT2D eigenvalue weighted by molar-refractivity contribution is 5.79. The van der Waals surface area contributed by atoms with Crippen molar-refractivity contribution in [2.24, 2.45) is 10.9 Å². The molecule has 146 valence electrons. The third kappa shape index (κ3) is 7.62. The summed E-state index contributed by atoms with van der Waals surface area (Å²) in [5.41, 5.74) is 1.20. The third-order valence-electron chi connectivity index (χ3n) is 4.22. The van der Waals surface area contributed by atoms with Crippen molar-refractivity contribution in [2.45, 2.75) is 26.9 Å². The van der Waals surface area contributed by atoms with Gasteiger partial charge in [-0.15, -0.1) is 0 Å². The summed E-state index contributed by atoms with van der Waals surface area (Å²) in [6.07, 6.45) is 0.199. The SMILES string of the molecule is CN=C(NCCOc1cccc(C)c1)NCC1CN(CC(C)C)CCO1. The molecule has 0 bridgehead atoms. The zero-order valence-electron chi connectivity index (χ0n) is 16.6. The Bertz CT molecular complexity index is 562. The van der Waals surface area contributed by atoms with E-state index in [2.05, 4.69) is 47.4 Å². The Kier molecular flexibility index (Phi) is 8.71. The van der Waals surface area contributed by atoms with E-state index in [0.717, 1.165) is 44.5 Å². The number of ether oxygens (including phenoxy) is 2. The number of hydrogen-bond acceptors (Lipinski definition) is 4. The number of guanidine groups is 1. The average Bonchev–Trinajstić information content (AvgIpc) is 2.61. The van der Waals surface area contributed by atoms with Crippen LogP contribution in [0, 0.1) is 12.8 Å². The molecule has 0 amide bonds. The van der Waals surface area contributed by atoms with Crippen molar-refractivity contribution in [3.05, 3.63) is 29.8 Å². The summed E-state index contributed by atoms with van der Waals surface area (Å²) >= 11 is 0. The topological polar surface area (TPSA) is 58.1 Å². The van der Waals surface area contributed by atoms with Crippen LogP contribution in [-0.2, 0) is 4.74 Å². The Morgan fingerprint density at radius 3 is 2.96 bits per heavy atom. The van der Waals surface area contributed by atoms with Crippen molar-refractivity contribution in [3.8, 4) is 5.75 Å². The van der Waals surface area contributed by atoms with Gasteiger partial charge in [-0.1, -0.05) is 26.0 Å². The first kappa shape index (κ1) is 20.5. The van der Waals surface area contributed by atoms with Gasteiger partial charge in [0.15, 0.2) is 5.96 Å². The molecule has 1 unspecified atom stereocenters. The monoisotopic (exact) mass is 362 g/mol. The Hall–Kier alpha value is -1.79. The first-order valence-corrected chi connectivity index (χ1v) is 9.54. The molecular weight excluding hydrogens is 328 g/mol. The molecule has 0 aromatic heterocycles. The molecule has 1 fully saturated rings. The van der Waals surface area contributed by atoms with Crippen LogP contribution in [-0.4, -0.2) is 69.9 Å². The molecule has 0 saturated carbocycles. The fraction of sp³-hybridized carbons (Fsp3) is 0.650.